The molecule has 3 aliphatic rings. The molecule has 3 aromatic carbocycles. The molecule has 0 bridgehead atoms. The number of ether oxygens (including phenoxy) is 4. The lowest BCUT2D eigenvalue weighted by molar-refractivity contribution is -0.197. The van der Waals surface area contributed by atoms with E-state index in [1.54, 1.807) is 32.4 Å². The maximum absolute atomic E-state index is 13.8. The molecule has 0 aliphatic carbocycles. The quantitative estimate of drug-likeness (QED) is 0.0808. The number of nitrogens with zero attached hydrogens (tertiary/aromatic N) is 3. The summed E-state index contributed by atoms with van der Waals surface area (Å²) in [4.78, 5) is 72.6. The van der Waals surface area contributed by atoms with E-state index in [-0.39, 0.29) is 36.3 Å². The topological polar surface area (TPSA) is 198 Å². The zero-order chi connectivity index (χ0) is 47.1. The van der Waals surface area contributed by atoms with Crippen molar-refractivity contribution < 1.29 is 51.1 Å². The molecule has 0 saturated carbocycles. The summed E-state index contributed by atoms with van der Waals surface area (Å²) < 4.78 is 58.8. The molecule has 1 atom stereocenters. The average Bonchev–Trinajstić information content (AvgIpc) is 3.78. The number of carbonyl (C=O) groups is 3. The molecule has 3 aromatic rings. The number of unbranched alkanes of at least 4 members (excludes halogenated alkanes) is 2. The molecule has 3 heterocycles. The Labute approximate surface area is 379 Å². The molecular formula is C48H58N3O13S-. The van der Waals surface area contributed by atoms with Gasteiger partial charge in [0.2, 0.25) is 10.9 Å². The number of carbonyl (C=O) groups excluding carboxylic acids is 3. The number of benzene rings is 2. The van der Waals surface area contributed by atoms with E-state index in [0.717, 1.165) is 22.5 Å². The molecule has 16 nitrogen and oxygen atoms in total. The number of aryl methyl sites for hydroxylation is 1. The zero-order valence-electron chi connectivity index (χ0n) is 37.9. The number of fused-ring (bicyclic) bond motifs is 2. The number of hydroxylamine groups is 2. The SMILES string of the molecule is COCCOCCN1C(=CC=c2c(=O)c(=CC=C3N(CCOCCOC)c4ccc(S(=O)(=O)[O-])cc4C3(C)CCCCCC(=O)ON3C(=O)CCC3=O)c2=O)C(C)(C)c2cc(C)ccc21. The summed E-state index contributed by atoms with van der Waals surface area (Å²) in [6.07, 6.45) is 8.35. The van der Waals surface area contributed by atoms with E-state index in [1.165, 1.54) is 18.2 Å². The Kier molecular flexibility index (Phi) is 15.8. The van der Waals surface area contributed by atoms with Gasteiger partial charge < -0.3 is 38.1 Å². The van der Waals surface area contributed by atoms with Crippen LogP contribution in [0.15, 0.2) is 74.4 Å². The standard InChI is InChI=1S/C48H59N3O13S/c1-32-11-15-38-36(30-32)47(2,3)40(49(38)22-24-62-28-26-60-5)17-13-34-45(55)35(46(34)56)14-18-41-48(4,21-9-7-8-10-44(54)64-51-42(52)19-20-43(51)53)37-31-33(65(57,58)59)12-16-39(37)50(41)23-25-63-29-27-61-6/h11-18,30-31H,7-10,19-29H2,1-6H3,(H,57,58,59)/p-1. The van der Waals surface area contributed by atoms with Crippen molar-refractivity contribution in [1.82, 2.24) is 5.06 Å². The molecule has 65 heavy (non-hydrogen) atoms. The third kappa shape index (κ3) is 10.7. The maximum atomic E-state index is 13.8. The highest BCUT2D eigenvalue weighted by atomic mass is 32.2. The first kappa shape index (κ1) is 49.1. The number of anilines is 2. The van der Waals surface area contributed by atoms with Crippen LogP contribution in [0.1, 0.15) is 82.4 Å². The van der Waals surface area contributed by atoms with Crippen molar-refractivity contribution >= 4 is 51.4 Å². The van der Waals surface area contributed by atoms with E-state index in [0.29, 0.717) is 93.8 Å². The molecule has 0 aromatic heterocycles. The maximum Gasteiger partial charge on any atom is 0.333 e. The van der Waals surface area contributed by atoms with Gasteiger partial charge in [-0.3, -0.25) is 19.2 Å². The molecule has 0 N–H and O–H groups in total. The van der Waals surface area contributed by atoms with Gasteiger partial charge in [-0.05, 0) is 86.4 Å². The van der Waals surface area contributed by atoms with Gasteiger partial charge in [-0.2, -0.15) is 0 Å². The van der Waals surface area contributed by atoms with Crippen molar-refractivity contribution in [3.63, 3.8) is 0 Å². The fourth-order valence-corrected chi connectivity index (χ4v) is 9.31. The van der Waals surface area contributed by atoms with E-state index in [4.69, 9.17) is 23.8 Å². The van der Waals surface area contributed by atoms with Crippen LogP contribution in [0.3, 0.4) is 0 Å². The van der Waals surface area contributed by atoms with Crippen LogP contribution in [0.4, 0.5) is 11.4 Å². The molecule has 1 saturated heterocycles. The number of methoxy groups -OCH3 is 2. The van der Waals surface area contributed by atoms with Gasteiger partial charge in [0.05, 0.1) is 55.0 Å². The second kappa shape index (κ2) is 20.9. The van der Waals surface area contributed by atoms with E-state index in [1.807, 2.05) is 24.8 Å². The summed E-state index contributed by atoms with van der Waals surface area (Å²) in [7, 11) is -1.66. The predicted molar refractivity (Wildman–Crippen MR) is 242 cm³/mol. The highest BCUT2D eigenvalue weighted by Gasteiger charge is 2.44. The van der Waals surface area contributed by atoms with Crippen molar-refractivity contribution in [1.29, 1.82) is 0 Å². The van der Waals surface area contributed by atoms with Gasteiger partial charge in [-0.15, -0.1) is 5.06 Å². The minimum Gasteiger partial charge on any atom is -0.744 e. The fourth-order valence-electron chi connectivity index (χ4n) is 8.81. The monoisotopic (exact) mass is 916 g/mol. The summed E-state index contributed by atoms with van der Waals surface area (Å²) in [5, 5.41) is 0.548. The Balaban J connectivity index is 1.32. The summed E-state index contributed by atoms with van der Waals surface area (Å²) >= 11 is 0. The van der Waals surface area contributed by atoms with Gasteiger partial charge in [0.25, 0.3) is 11.8 Å². The predicted octanol–water partition coefficient (Wildman–Crippen LogP) is 3.28. The summed E-state index contributed by atoms with van der Waals surface area (Å²) in [6.45, 7) is 11.3. The number of imide groups is 1. The van der Waals surface area contributed by atoms with Crippen LogP contribution < -0.4 is 31.1 Å². The molecule has 350 valence electrons. The Hall–Kier alpha value is -5.30. The highest BCUT2D eigenvalue weighted by Crippen LogP contribution is 2.51. The van der Waals surface area contributed by atoms with Crippen LogP contribution in [0.5, 0.6) is 0 Å². The number of hydrogen-bond donors (Lipinski definition) is 0. The molecular weight excluding hydrogens is 859 g/mol. The average molecular weight is 917 g/mol. The number of hydrogen-bond acceptors (Lipinski definition) is 15. The molecule has 1 fully saturated rings. The molecule has 2 amide bonds. The van der Waals surface area contributed by atoms with Gasteiger partial charge >= 0.3 is 5.97 Å². The summed E-state index contributed by atoms with van der Waals surface area (Å²) in [5.41, 5.74) is 3.81. The van der Waals surface area contributed by atoms with Crippen molar-refractivity contribution in [2.75, 3.05) is 76.8 Å². The van der Waals surface area contributed by atoms with Crippen LogP contribution in [-0.4, -0.2) is 103 Å². The third-order valence-corrected chi connectivity index (χ3v) is 13.2. The minimum atomic E-state index is -4.84. The van der Waals surface area contributed by atoms with Gasteiger partial charge in [0.15, 0.2) is 0 Å². The van der Waals surface area contributed by atoms with Crippen molar-refractivity contribution in [3.05, 3.63) is 108 Å². The van der Waals surface area contributed by atoms with E-state index >= 15 is 0 Å². The van der Waals surface area contributed by atoms with Crippen LogP contribution in [0, 0.1) is 6.92 Å². The minimum absolute atomic E-state index is 0.0113. The van der Waals surface area contributed by atoms with E-state index in [9.17, 15) is 36.9 Å². The highest BCUT2D eigenvalue weighted by molar-refractivity contribution is 7.85. The van der Waals surface area contributed by atoms with E-state index in [2.05, 4.69) is 36.9 Å². The second-order valence-electron chi connectivity index (χ2n) is 17.2. The lowest BCUT2D eigenvalue weighted by Gasteiger charge is -2.30. The number of amides is 2. The Morgan fingerprint density at radius 3 is 1.85 bits per heavy atom. The lowest BCUT2D eigenvalue weighted by atomic mass is 9.77. The molecule has 0 spiro atoms. The van der Waals surface area contributed by atoms with Crippen LogP contribution in [-0.2, 0) is 59.1 Å². The van der Waals surface area contributed by atoms with Crippen molar-refractivity contribution in [2.45, 2.75) is 88.4 Å². The fraction of sp³-hybridized carbons (Fsp3) is 0.479. The Morgan fingerprint density at radius 1 is 0.708 bits per heavy atom. The number of rotatable bonds is 22. The smallest absolute Gasteiger partial charge is 0.333 e. The number of allylic oxidation sites excluding steroid dienone is 4. The van der Waals surface area contributed by atoms with Gasteiger partial charge in [-0.1, -0.05) is 44.4 Å². The van der Waals surface area contributed by atoms with E-state index < -0.39 is 54.5 Å². The molecule has 17 heteroatoms. The molecule has 6 rings (SSSR count). The first-order valence-electron chi connectivity index (χ1n) is 21.8. The van der Waals surface area contributed by atoms with Crippen LogP contribution in [0.2, 0.25) is 0 Å². The van der Waals surface area contributed by atoms with Gasteiger partial charge in [0, 0.05) is 80.2 Å². The Morgan fingerprint density at radius 2 is 1.26 bits per heavy atom. The summed E-state index contributed by atoms with van der Waals surface area (Å²) in [6, 6.07) is 10.5. The van der Waals surface area contributed by atoms with Crippen molar-refractivity contribution in [2.24, 2.45) is 0 Å². The first-order valence-corrected chi connectivity index (χ1v) is 23.3. The normalized spacial score (nSPS) is 19.2. The summed E-state index contributed by atoms with van der Waals surface area (Å²) in [5.74, 6) is -1.84. The molecule has 1 unspecified atom stereocenters. The van der Waals surface area contributed by atoms with Crippen LogP contribution >= 0.6 is 0 Å². The lowest BCUT2D eigenvalue weighted by Crippen LogP contribution is -2.64. The second-order valence-corrected chi connectivity index (χ2v) is 18.5. The zero-order valence-corrected chi connectivity index (χ0v) is 38.8. The van der Waals surface area contributed by atoms with Gasteiger partial charge in [-0.25, -0.2) is 13.2 Å². The third-order valence-electron chi connectivity index (χ3n) is 12.4. The first-order chi connectivity index (χ1) is 30.9. The largest absolute Gasteiger partial charge is 0.744 e. The van der Waals surface area contributed by atoms with Crippen LogP contribution in [0.25, 0.3) is 12.2 Å². The Bertz CT molecular complexity index is 2620. The molecule has 3 aliphatic heterocycles. The van der Waals surface area contributed by atoms with Gasteiger partial charge in [0.1, 0.15) is 10.1 Å². The molecule has 0 radical (unpaired) electrons. The van der Waals surface area contributed by atoms with Crippen molar-refractivity contribution in [3.8, 4) is 0 Å².